The molecule has 23 heavy (non-hydrogen) atoms. The van der Waals surface area contributed by atoms with Gasteiger partial charge in [-0.25, -0.2) is 0 Å². The first kappa shape index (κ1) is 15.4. The van der Waals surface area contributed by atoms with Crippen molar-refractivity contribution in [3.05, 3.63) is 52.5 Å². The fraction of sp³-hybridized carbons (Fsp3) is 0.176. The van der Waals surface area contributed by atoms with Crippen molar-refractivity contribution in [3.63, 3.8) is 0 Å². The molecule has 3 rings (SSSR count). The van der Waals surface area contributed by atoms with E-state index in [0.717, 1.165) is 11.3 Å². The highest BCUT2D eigenvalue weighted by Crippen LogP contribution is 2.29. The van der Waals surface area contributed by atoms with E-state index in [1.807, 2.05) is 6.07 Å². The van der Waals surface area contributed by atoms with Gasteiger partial charge >= 0.3 is 0 Å². The second-order valence-corrected chi connectivity index (χ2v) is 5.59. The number of hydrogen-bond acceptors (Lipinski definition) is 4. The van der Waals surface area contributed by atoms with Gasteiger partial charge in [-0.2, -0.15) is 0 Å². The van der Waals surface area contributed by atoms with Crippen molar-refractivity contribution < 1.29 is 9.53 Å². The average Bonchev–Trinajstić information content (AvgIpc) is 2.76. The first-order chi connectivity index (χ1) is 11.1. The molecule has 0 fully saturated rings. The predicted octanol–water partition coefficient (Wildman–Crippen LogP) is 3.01. The smallest absolute Gasteiger partial charge is 0.262 e. The van der Waals surface area contributed by atoms with Gasteiger partial charge in [0.1, 0.15) is 5.75 Å². The number of benzene rings is 2. The number of aliphatic imine (C=N–C) groups is 1. The molecule has 0 radical (unpaired) electrons. The molecule has 1 aliphatic heterocycles. The molecule has 1 amide bonds. The summed E-state index contributed by atoms with van der Waals surface area (Å²) in [6, 6.07) is 10.4. The quantitative estimate of drug-likeness (QED) is 0.861. The second-order valence-electron chi connectivity index (χ2n) is 5.15. The summed E-state index contributed by atoms with van der Waals surface area (Å²) in [7, 11) is 1.53. The van der Waals surface area contributed by atoms with Gasteiger partial charge in [-0.1, -0.05) is 11.6 Å². The number of methoxy groups -OCH3 is 1. The molecular weight excluding hydrogens is 314 g/mol. The van der Waals surface area contributed by atoms with Crippen LogP contribution in [0.2, 0.25) is 5.02 Å². The van der Waals surface area contributed by atoms with Gasteiger partial charge in [0, 0.05) is 29.0 Å². The second kappa shape index (κ2) is 6.30. The van der Waals surface area contributed by atoms with Gasteiger partial charge in [-0.3, -0.25) is 9.79 Å². The molecular formula is C17H16ClN3O2. The van der Waals surface area contributed by atoms with E-state index in [2.05, 4.69) is 4.99 Å². The Morgan fingerprint density at radius 3 is 2.91 bits per heavy atom. The lowest BCUT2D eigenvalue weighted by atomic mass is 10.1. The number of ether oxygens (including phenoxy) is 1. The van der Waals surface area contributed by atoms with Crippen molar-refractivity contribution in [2.45, 2.75) is 0 Å². The summed E-state index contributed by atoms with van der Waals surface area (Å²) < 4.78 is 5.29. The number of amides is 1. The fourth-order valence-electron chi connectivity index (χ4n) is 2.57. The molecule has 1 aliphatic rings. The summed E-state index contributed by atoms with van der Waals surface area (Å²) in [5.41, 5.74) is 8.47. The lowest BCUT2D eigenvalue weighted by molar-refractivity contribution is 0.0985. The van der Waals surface area contributed by atoms with Crippen LogP contribution in [-0.2, 0) is 0 Å². The van der Waals surface area contributed by atoms with E-state index in [0.29, 0.717) is 35.1 Å². The molecule has 0 saturated heterocycles. The molecule has 0 spiro atoms. The molecule has 0 atom stereocenters. The van der Waals surface area contributed by atoms with Crippen LogP contribution in [-0.4, -0.2) is 32.3 Å². The minimum atomic E-state index is -0.180. The van der Waals surface area contributed by atoms with Gasteiger partial charge in [-0.15, -0.1) is 0 Å². The standard InChI is InChI=1S/C17H16ClN3O2/c1-23-16-5-2-12(18)9-14(16)17(22)21-7-6-20-10-11-8-13(19)3-4-15(11)21/h2-5,8-10H,6-7,19H2,1H3. The number of rotatable bonds is 2. The molecule has 0 unspecified atom stereocenters. The maximum atomic E-state index is 13.0. The van der Waals surface area contributed by atoms with Gasteiger partial charge in [0.25, 0.3) is 5.91 Å². The van der Waals surface area contributed by atoms with Gasteiger partial charge < -0.3 is 15.4 Å². The molecule has 118 valence electrons. The topological polar surface area (TPSA) is 67.9 Å². The van der Waals surface area contributed by atoms with E-state index < -0.39 is 0 Å². The average molecular weight is 330 g/mol. The predicted molar refractivity (Wildman–Crippen MR) is 93.0 cm³/mol. The molecule has 5 nitrogen and oxygen atoms in total. The summed E-state index contributed by atoms with van der Waals surface area (Å²) in [6.07, 6.45) is 1.74. The maximum absolute atomic E-state index is 13.0. The molecule has 2 N–H and O–H groups in total. The third-order valence-electron chi connectivity index (χ3n) is 3.66. The number of halogens is 1. The van der Waals surface area contributed by atoms with E-state index in [1.54, 1.807) is 41.4 Å². The Morgan fingerprint density at radius 2 is 2.13 bits per heavy atom. The summed E-state index contributed by atoms with van der Waals surface area (Å²) >= 11 is 6.04. The molecule has 2 aromatic carbocycles. The number of benzodiazepines with no additional fused rings is 1. The zero-order valence-electron chi connectivity index (χ0n) is 12.6. The van der Waals surface area contributed by atoms with E-state index in [4.69, 9.17) is 22.1 Å². The zero-order valence-corrected chi connectivity index (χ0v) is 13.4. The summed E-state index contributed by atoms with van der Waals surface area (Å²) in [6.45, 7) is 0.991. The number of fused-ring (bicyclic) bond motifs is 1. The van der Waals surface area contributed by atoms with Crippen LogP contribution < -0.4 is 15.4 Å². The van der Waals surface area contributed by atoms with Gasteiger partial charge in [0.05, 0.1) is 24.9 Å². The van der Waals surface area contributed by atoms with Gasteiger partial charge in [0.2, 0.25) is 0 Å². The normalized spacial score (nSPS) is 13.4. The van der Waals surface area contributed by atoms with Crippen LogP contribution in [0.4, 0.5) is 11.4 Å². The Labute approximate surface area is 139 Å². The Bertz CT molecular complexity index is 789. The van der Waals surface area contributed by atoms with Crippen molar-refractivity contribution in [3.8, 4) is 5.75 Å². The van der Waals surface area contributed by atoms with Crippen LogP contribution in [0.5, 0.6) is 5.75 Å². The molecule has 6 heteroatoms. The van der Waals surface area contributed by atoms with Crippen LogP contribution >= 0.6 is 11.6 Å². The van der Waals surface area contributed by atoms with E-state index >= 15 is 0 Å². The highest BCUT2D eigenvalue weighted by atomic mass is 35.5. The Morgan fingerprint density at radius 1 is 1.30 bits per heavy atom. The number of carbonyl (C=O) groups is 1. The molecule has 0 bridgehead atoms. The minimum Gasteiger partial charge on any atom is -0.496 e. The van der Waals surface area contributed by atoms with E-state index in [-0.39, 0.29) is 5.91 Å². The Kier molecular flexibility index (Phi) is 4.21. The van der Waals surface area contributed by atoms with Crippen LogP contribution in [0.3, 0.4) is 0 Å². The summed E-state index contributed by atoms with van der Waals surface area (Å²) in [4.78, 5) is 19.0. The molecule has 0 saturated carbocycles. The van der Waals surface area contributed by atoms with E-state index in [9.17, 15) is 4.79 Å². The van der Waals surface area contributed by atoms with Crippen molar-refractivity contribution in [1.82, 2.24) is 0 Å². The number of nitrogens with zero attached hydrogens (tertiary/aromatic N) is 2. The highest BCUT2D eigenvalue weighted by Gasteiger charge is 2.24. The minimum absolute atomic E-state index is 0.180. The van der Waals surface area contributed by atoms with Gasteiger partial charge in [-0.05, 0) is 36.4 Å². The van der Waals surface area contributed by atoms with Crippen molar-refractivity contribution in [1.29, 1.82) is 0 Å². The van der Waals surface area contributed by atoms with Crippen LogP contribution in [0.25, 0.3) is 0 Å². The lowest BCUT2D eigenvalue weighted by Gasteiger charge is -2.23. The van der Waals surface area contributed by atoms with E-state index in [1.165, 1.54) is 7.11 Å². The van der Waals surface area contributed by atoms with Crippen molar-refractivity contribution in [2.75, 3.05) is 30.8 Å². The third kappa shape index (κ3) is 3.00. The first-order valence-electron chi connectivity index (χ1n) is 7.15. The maximum Gasteiger partial charge on any atom is 0.262 e. The third-order valence-corrected chi connectivity index (χ3v) is 3.90. The number of anilines is 2. The highest BCUT2D eigenvalue weighted by molar-refractivity contribution is 6.31. The first-order valence-corrected chi connectivity index (χ1v) is 7.52. The molecule has 0 aromatic heterocycles. The number of carbonyl (C=O) groups excluding carboxylic acids is 1. The Balaban J connectivity index is 2.06. The monoisotopic (exact) mass is 329 g/mol. The zero-order chi connectivity index (χ0) is 16.4. The number of hydrogen-bond donors (Lipinski definition) is 1. The lowest BCUT2D eigenvalue weighted by Crippen LogP contribution is -2.33. The summed E-state index contributed by atoms with van der Waals surface area (Å²) in [5.74, 6) is 0.308. The molecule has 0 aliphatic carbocycles. The number of nitrogen functional groups attached to an aromatic ring is 1. The SMILES string of the molecule is COc1ccc(Cl)cc1C(=O)N1CCN=Cc2cc(N)ccc21. The van der Waals surface area contributed by atoms with Crippen LogP contribution in [0.15, 0.2) is 41.4 Å². The van der Waals surface area contributed by atoms with Gasteiger partial charge in [0.15, 0.2) is 0 Å². The molecule has 1 heterocycles. The van der Waals surface area contributed by atoms with Crippen LogP contribution in [0, 0.1) is 0 Å². The van der Waals surface area contributed by atoms with Crippen molar-refractivity contribution >= 4 is 35.1 Å². The van der Waals surface area contributed by atoms with Crippen LogP contribution in [0.1, 0.15) is 15.9 Å². The summed E-state index contributed by atoms with van der Waals surface area (Å²) in [5, 5.41) is 0.484. The molecule has 2 aromatic rings. The number of nitrogens with two attached hydrogens (primary N) is 1. The largest absolute Gasteiger partial charge is 0.496 e. The Hall–Kier alpha value is -2.53. The fourth-order valence-corrected chi connectivity index (χ4v) is 2.74. The van der Waals surface area contributed by atoms with Crippen molar-refractivity contribution in [2.24, 2.45) is 4.99 Å².